The molecule has 0 unspecified atom stereocenters. The molecule has 0 N–H and O–H groups in total. The Morgan fingerprint density at radius 3 is 0.854 bits per heavy atom. The molecule has 0 atom stereocenters. The molecule has 0 saturated heterocycles. The Labute approximate surface area is 237 Å². The Morgan fingerprint density at radius 2 is 0.683 bits per heavy atom. The highest BCUT2D eigenvalue weighted by atomic mass is 16.5. The van der Waals surface area contributed by atoms with Crippen molar-refractivity contribution < 1.29 is 38.1 Å². The zero-order valence-electron chi connectivity index (χ0n) is 22.4. The van der Waals surface area contributed by atoms with Crippen molar-refractivity contribution in [3.8, 4) is 0 Å². The lowest BCUT2D eigenvalue weighted by Crippen LogP contribution is -2.41. The van der Waals surface area contributed by atoms with Gasteiger partial charge in [0.25, 0.3) is 0 Å². The molecule has 8 heteroatoms. The molecule has 4 rings (SSSR count). The summed E-state index contributed by atoms with van der Waals surface area (Å²) >= 11 is 0. The van der Waals surface area contributed by atoms with Crippen LogP contribution in [0.15, 0.2) is 118 Å². The largest absolute Gasteiger partial charge is 0.493 e. The lowest BCUT2D eigenvalue weighted by Gasteiger charge is -2.34. The normalized spacial score (nSPS) is 18.9. The molecule has 0 heterocycles. The predicted octanol–water partition coefficient (Wildman–Crippen LogP) is 4.45. The first-order valence-corrected chi connectivity index (χ1v) is 13.0. The first kappa shape index (κ1) is 28.9. The van der Waals surface area contributed by atoms with E-state index in [1.807, 2.05) is 23.8 Å². The smallest absolute Gasteiger partial charge is 0.128 e. The van der Waals surface area contributed by atoms with Crippen LogP contribution in [0.25, 0.3) is 0 Å². The van der Waals surface area contributed by atoms with Gasteiger partial charge < -0.3 is 18.9 Å². The van der Waals surface area contributed by atoms with Crippen molar-refractivity contribution in [2.75, 3.05) is 26.4 Å². The van der Waals surface area contributed by atoms with Crippen LogP contribution in [0.4, 0.5) is 0 Å². The molecule has 0 fully saturated rings. The third-order valence-electron chi connectivity index (χ3n) is 6.59. The topological polar surface area (TPSA) is 105 Å². The number of hydrogen-bond donors (Lipinski definition) is 0. The summed E-state index contributed by atoms with van der Waals surface area (Å²) < 4.78 is 24.7. The summed E-state index contributed by atoms with van der Waals surface area (Å²) in [5, 5.41) is 0. The molecule has 4 aliphatic carbocycles. The van der Waals surface area contributed by atoms with E-state index in [0.717, 1.165) is 0 Å². The van der Waals surface area contributed by atoms with E-state index in [0.29, 0.717) is 71.0 Å². The van der Waals surface area contributed by atoms with Crippen molar-refractivity contribution in [2.24, 2.45) is 5.41 Å². The van der Waals surface area contributed by atoms with Crippen LogP contribution >= 0.6 is 0 Å². The Balaban J connectivity index is 1.56. The summed E-state index contributed by atoms with van der Waals surface area (Å²) in [7, 11) is 0. The van der Waals surface area contributed by atoms with Gasteiger partial charge in [-0.25, -0.2) is 19.2 Å². The maximum atomic E-state index is 11.0. The molecule has 0 aromatic heterocycles. The maximum Gasteiger partial charge on any atom is 0.128 e. The van der Waals surface area contributed by atoms with Crippen LogP contribution in [-0.4, -0.2) is 50.2 Å². The average molecular weight is 553 g/mol. The number of carbonyl (C=O) groups excluding carboxylic acids is 4. The van der Waals surface area contributed by atoms with Crippen molar-refractivity contribution >= 4 is 23.8 Å². The van der Waals surface area contributed by atoms with Gasteiger partial charge in [-0.2, -0.15) is 0 Å². The van der Waals surface area contributed by atoms with E-state index < -0.39 is 5.41 Å². The fourth-order valence-corrected chi connectivity index (χ4v) is 4.04. The van der Waals surface area contributed by atoms with Crippen molar-refractivity contribution in [1.82, 2.24) is 0 Å². The molecule has 0 amide bonds. The molecule has 8 nitrogen and oxygen atoms in total. The van der Waals surface area contributed by atoms with E-state index >= 15 is 0 Å². The summed E-state index contributed by atoms with van der Waals surface area (Å²) in [6.45, 7) is 0.527. The lowest BCUT2D eigenvalue weighted by atomic mass is 9.91. The van der Waals surface area contributed by atoms with Gasteiger partial charge in [0, 0.05) is 48.0 Å². The van der Waals surface area contributed by atoms with Crippen LogP contribution < -0.4 is 0 Å². The van der Waals surface area contributed by atoms with E-state index in [2.05, 4.69) is 0 Å². The third-order valence-corrected chi connectivity index (χ3v) is 6.59. The van der Waals surface area contributed by atoms with Gasteiger partial charge in [0.15, 0.2) is 0 Å². The van der Waals surface area contributed by atoms with Gasteiger partial charge in [-0.3, -0.25) is 0 Å². The predicted molar refractivity (Wildman–Crippen MR) is 150 cm³/mol. The van der Waals surface area contributed by atoms with Gasteiger partial charge in [-0.15, -0.1) is 0 Å². The molecule has 0 aromatic rings. The first-order chi connectivity index (χ1) is 20.0. The summed E-state index contributed by atoms with van der Waals surface area (Å²) in [5.41, 5.74) is 1.25. The molecule has 0 spiro atoms. The lowest BCUT2D eigenvalue weighted by molar-refractivity contribution is -0.0602. The number of hydrogen-bond acceptors (Lipinski definition) is 8. The minimum Gasteiger partial charge on any atom is -0.493 e. The molecule has 0 radical (unpaired) electrons. The SMILES string of the molecule is O=C=C1C=CC(OCC(COC2=CCC(=C=O)C=C2)(COC2=CCC(=C=O)C=C2)COC2=CCC(=C=O)C=C2)=CC1. The fourth-order valence-electron chi connectivity index (χ4n) is 4.04. The molecule has 0 aliphatic heterocycles. The highest BCUT2D eigenvalue weighted by molar-refractivity contribution is 5.61. The van der Waals surface area contributed by atoms with Gasteiger partial charge in [0.2, 0.25) is 0 Å². The standard InChI is InChI=1S/C33H28O8/c34-17-25-1-9-29(10-2-25)38-21-33(22-39-30-11-3-26(18-35)4-12-30,23-40-31-13-5-27(19-36)6-14-31)24-41-32-15-7-28(20-37)8-16-32/h1,3,5,7,9-16H,2,4,6,8,21-24H2. The summed E-state index contributed by atoms with van der Waals surface area (Å²) in [6, 6.07) is 0. The molecule has 0 saturated carbocycles. The molecule has 41 heavy (non-hydrogen) atoms. The van der Waals surface area contributed by atoms with E-state index in [9.17, 15) is 19.2 Å². The zero-order chi connectivity index (χ0) is 28.9. The Kier molecular flexibility index (Phi) is 10.1. The quantitative estimate of drug-likeness (QED) is 0.327. The highest BCUT2D eigenvalue weighted by Gasteiger charge is 2.36. The Bertz CT molecular complexity index is 1270. The highest BCUT2D eigenvalue weighted by Crippen LogP contribution is 2.29. The molecular formula is C33H28O8. The van der Waals surface area contributed by atoms with Crippen LogP contribution in [0.3, 0.4) is 0 Å². The molecule has 4 aliphatic rings. The minimum atomic E-state index is -0.851. The van der Waals surface area contributed by atoms with Gasteiger partial charge in [-0.05, 0) is 72.9 Å². The molecule has 208 valence electrons. The van der Waals surface area contributed by atoms with Crippen LogP contribution in [0.2, 0.25) is 0 Å². The van der Waals surface area contributed by atoms with E-state index in [1.165, 1.54) is 0 Å². The maximum absolute atomic E-state index is 11.0. The van der Waals surface area contributed by atoms with Crippen LogP contribution in [0, 0.1) is 5.41 Å². The third kappa shape index (κ3) is 8.45. The second kappa shape index (κ2) is 14.3. The van der Waals surface area contributed by atoms with Gasteiger partial charge in [0.1, 0.15) is 78.6 Å². The van der Waals surface area contributed by atoms with Crippen molar-refractivity contribution in [1.29, 1.82) is 0 Å². The van der Waals surface area contributed by atoms with Crippen LogP contribution in [0.5, 0.6) is 0 Å². The Morgan fingerprint density at radius 1 is 0.439 bits per heavy atom. The Hall–Kier alpha value is -5.08. The monoisotopic (exact) mass is 552 g/mol. The van der Waals surface area contributed by atoms with Crippen LogP contribution in [0.1, 0.15) is 25.7 Å². The van der Waals surface area contributed by atoms with E-state index in [1.54, 1.807) is 72.9 Å². The number of ether oxygens (including phenoxy) is 4. The van der Waals surface area contributed by atoms with Gasteiger partial charge in [0.05, 0.1) is 0 Å². The van der Waals surface area contributed by atoms with Crippen molar-refractivity contribution in [3.63, 3.8) is 0 Å². The van der Waals surface area contributed by atoms with Gasteiger partial charge >= 0.3 is 0 Å². The summed E-state index contributed by atoms with van der Waals surface area (Å²) in [4.78, 5) is 43.9. The van der Waals surface area contributed by atoms with E-state index in [4.69, 9.17) is 18.9 Å². The average Bonchev–Trinajstić information content (AvgIpc) is 3.05. The minimum absolute atomic E-state index is 0.132. The number of rotatable bonds is 12. The summed E-state index contributed by atoms with van der Waals surface area (Å²) in [6.07, 6.45) is 22.3. The second-order valence-corrected chi connectivity index (χ2v) is 9.74. The summed E-state index contributed by atoms with van der Waals surface area (Å²) in [5.74, 6) is 9.91. The second-order valence-electron chi connectivity index (χ2n) is 9.74. The molecule has 0 aromatic carbocycles. The van der Waals surface area contributed by atoms with Crippen molar-refractivity contribution in [3.05, 3.63) is 118 Å². The van der Waals surface area contributed by atoms with Gasteiger partial charge in [-0.1, -0.05) is 0 Å². The first-order valence-electron chi connectivity index (χ1n) is 13.0. The molecular weight excluding hydrogens is 524 g/mol. The van der Waals surface area contributed by atoms with Crippen molar-refractivity contribution in [2.45, 2.75) is 25.7 Å². The fraction of sp³-hybridized carbons (Fsp3) is 0.273. The number of allylic oxidation sites excluding steroid dienone is 16. The van der Waals surface area contributed by atoms with E-state index in [-0.39, 0.29) is 26.4 Å². The van der Waals surface area contributed by atoms with Crippen LogP contribution in [-0.2, 0) is 38.1 Å². The zero-order valence-corrected chi connectivity index (χ0v) is 22.4. The molecule has 0 bridgehead atoms.